The molecule has 1 N–H and O–H groups in total. The van der Waals surface area contributed by atoms with Crippen LogP contribution in [0, 0.1) is 0 Å². The van der Waals surface area contributed by atoms with Gasteiger partial charge in [0.05, 0.1) is 19.5 Å². The van der Waals surface area contributed by atoms with Crippen LogP contribution >= 0.6 is 0 Å². The summed E-state index contributed by atoms with van der Waals surface area (Å²) in [6.45, 7) is 1.50. The lowest BCUT2D eigenvalue weighted by Crippen LogP contribution is -2.39. The van der Waals surface area contributed by atoms with Crippen molar-refractivity contribution < 1.29 is 26.9 Å². The first-order valence-corrected chi connectivity index (χ1v) is 11.4. The first-order valence-electron chi connectivity index (χ1n) is 9.62. The van der Waals surface area contributed by atoms with E-state index in [4.69, 9.17) is 13.7 Å². The molecule has 2 aromatic carbocycles. The maximum absolute atomic E-state index is 13.0. The number of nitrogens with zero attached hydrogens (tertiary/aromatic N) is 1. The Kier molecular flexibility index (Phi) is 7.17. The van der Waals surface area contributed by atoms with Crippen LogP contribution in [0.3, 0.4) is 0 Å². The third-order valence-corrected chi connectivity index (χ3v) is 5.10. The normalized spacial score (nSPS) is 16.1. The summed E-state index contributed by atoms with van der Waals surface area (Å²) >= 11 is 0. The quantitative estimate of drug-likeness (QED) is 0.641. The van der Waals surface area contributed by atoms with E-state index in [9.17, 15) is 13.2 Å². The summed E-state index contributed by atoms with van der Waals surface area (Å²) in [5.41, 5.74) is 1.48. The Morgan fingerprint density at radius 3 is 2.60 bits per heavy atom. The van der Waals surface area contributed by atoms with E-state index in [2.05, 4.69) is 5.32 Å². The lowest BCUT2D eigenvalue weighted by atomic mass is 10.2. The SMILES string of the molecule is COc1cccc(NC(=O)N(Cc2ccc(OS(C)(=O)=O)cc2)C[C@@H]2CCCO2)c1. The molecule has 1 heterocycles. The number of ether oxygens (including phenoxy) is 2. The molecular weight excluding hydrogens is 408 g/mol. The predicted octanol–water partition coefficient (Wildman–Crippen LogP) is 3.25. The fourth-order valence-corrected chi connectivity index (χ4v) is 3.66. The minimum absolute atomic E-state index is 0.00565. The zero-order valence-corrected chi connectivity index (χ0v) is 17.9. The summed E-state index contributed by atoms with van der Waals surface area (Å²) in [4.78, 5) is 14.7. The van der Waals surface area contributed by atoms with Crippen molar-refractivity contribution in [3.8, 4) is 11.5 Å². The van der Waals surface area contributed by atoms with Gasteiger partial charge in [-0.2, -0.15) is 8.42 Å². The van der Waals surface area contributed by atoms with Crippen LogP contribution in [0.25, 0.3) is 0 Å². The first-order chi connectivity index (χ1) is 14.3. The molecular formula is C21H26N2O6S. The van der Waals surface area contributed by atoms with Crippen molar-refractivity contribution in [3.63, 3.8) is 0 Å². The average molecular weight is 435 g/mol. The summed E-state index contributed by atoms with van der Waals surface area (Å²) in [5, 5.41) is 2.90. The van der Waals surface area contributed by atoms with Crippen molar-refractivity contribution >= 4 is 21.8 Å². The van der Waals surface area contributed by atoms with Crippen LogP contribution in [0.2, 0.25) is 0 Å². The van der Waals surface area contributed by atoms with Crippen LogP contribution in [0.1, 0.15) is 18.4 Å². The van der Waals surface area contributed by atoms with Gasteiger partial charge in [-0.05, 0) is 42.7 Å². The standard InChI is InChI=1S/C21H26N2O6S/c1-27-19-6-3-5-17(13-19)22-21(24)23(15-20-7-4-12-28-20)14-16-8-10-18(11-9-16)29-30(2,25)26/h3,5-6,8-11,13,20H,4,7,12,14-15H2,1-2H3,(H,22,24)/t20-/m0/s1. The second kappa shape index (κ2) is 9.82. The number of anilines is 1. The van der Waals surface area contributed by atoms with Gasteiger partial charge in [0, 0.05) is 31.5 Å². The molecule has 0 saturated carbocycles. The Labute approximate surface area is 176 Å². The number of hydrogen-bond acceptors (Lipinski definition) is 6. The van der Waals surface area contributed by atoms with Gasteiger partial charge in [0.25, 0.3) is 0 Å². The number of urea groups is 1. The zero-order valence-electron chi connectivity index (χ0n) is 17.0. The van der Waals surface area contributed by atoms with Gasteiger partial charge >= 0.3 is 16.1 Å². The van der Waals surface area contributed by atoms with Gasteiger partial charge in [0.2, 0.25) is 0 Å². The van der Waals surface area contributed by atoms with E-state index in [1.807, 2.05) is 0 Å². The fraction of sp³-hybridized carbons (Fsp3) is 0.381. The van der Waals surface area contributed by atoms with E-state index in [1.54, 1.807) is 60.5 Å². The third kappa shape index (κ3) is 6.64. The molecule has 1 fully saturated rings. The Bertz CT molecular complexity index is 956. The van der Waals surface area contributed by atoms with Crippen LogP contribution in [-0.2, 0) is 21.4 Å². The van der Waals surface area contributed by atoms with Gasteiger partial charge in [0.1, 0.15) is 11.5 Å². The summed E-state index contributed by atoms with van der Waals surface area (Å²) in [7, 11) is -2.01. The van der Waals surface area contributed by atoms with E-state index < -0.39 is 10.1 Å². The van der Waals surface area contributed by atoms with Gasteiger partial charge in [-0.15, -0.1) is 0 Å². The van der Waals surface area contributed by atoms with Crippen molar-refractivity contribution in [2.75, 3.05) is 31.8 Å². The second-order valence-electron chi connectivity index (χ2n) is 7.11. The Balaban J connectivity index is 1.71. The molecule has 0 aromatic heterocycles. The van der Waals surface area contributed by atoms with Crippen LogP contribution in [0.5, 0.6) is 11.5 Å². The molecule has 0 aliphatic carbocycles. The molecule has 1 aliphatic rings. The smallest absolute Gasteiger partial charge is 0.322 e. The van der Waals surface area contributed by atoms with Crippen molar-refractivity contribution in [1.29, 1.82) is 0 Å². The highest BCUT2D eigenvalue weighted by Crippen LogP contribution is 2.20. The van der Waals surface area contributed by atoms with Crippen molar-refractivity contribution in [3.05, 3.63) is 54.1 Å². The Morgan fingerprint density at radius 2 is 1.97 bits per heavy atom. The average Bonchev–Trinajstić information content (AvgIpc) is 3.21. The molecule has 8 nitrogen and oxygen atoms in total. The molecule has 0 unspecified atom stereocenters. The van der Waals surface area contributed by atoms with Crippen LogP contribution in [0.4, 0.5) is 10.5 Å². The van der Waals surface area contributed by atoms with E-state index in [0.717, 1.165) is 24.7 Å². The van der Waals surface area contributed by atoms with Crippen LogP contribution in [-0.4, -0.2) is 52.0 Å². The zero-order chi connectivity index (χ0) is 21.6. The molecule has 1 saturated heterocycles. The molecule has 0 radical (unpaired) electrons. The molecule has 1 aliphatic heterocycles. The number of hydrogen-bond donors (Lipinski definition) is 1. The van der Waals surface area contributed by atoms with E-state index in [0.29, 0.717) is 31.1 Å². The molecule has 2 aromatic rings. The minimum atomic E-state index is -3.58. The minimum Gasteiger partial charge on any atom is -0.497 e. The highest BCUT2D eigenvalue weighted by atomic mass is 32.2. The summed E-state index contributed by atoms with van der Waals surface area (Å²) in [6.07, 6.45) is 2.87. The number of carbonyl (C=O) groups excluding carboxylic acids is 1. The predicted molar refractivity (Wildman–Crippen MR) is 113 cm³/mol. The van der Waals surface area contributed by atoms with Crippen molar-refractivity contribution in [2.24, 2.45) is 0 Å². The van der Waals surface area contributed by atoms with Crippen molar-refractivity contribution in [2.45, 2.75) is 25.5 Å². The Hall–Kier alpha value is -2.78. The highest BCUT2D eigenvalue weighted by molar-refractivity contribution is 7.86. The molecule has 2 amide bonds. The maximum atomic E-state index is 13.0. The van der Waals surface area contributed by atoms with E-state index >= 15 is 0 Å². The van der Waals surface area contributed by atoms with Crippen molar-refractivity contribution in [1.82, 2.24) is 4.90 Å². The molecule has 9 heteroatoms. The molecule has 30 heavy (non-hydrogen) atoms. The number of carbonyl (C=O) groups is 1. The summed E-state index contributed by atoms with van der Waals surface area (Å²) in [5.74, 6) is 0.882. The fourth-order valence-electron chi connectivity index (χ4n) is 3.20. The number of rotatable bonds is 8. The van der Waals surface area contributed by atoms with Gasteiger partial charge < -0.3 is 23.9 Å². The number of benzene rings is 2. The topological polar surface area (TPSA) is 94.2 Å². The molecule has 162 valence electrons. The lowest BCUT2D eigenvalue weighted by molar-refractivity contribution is 0.0819. The van der Waals surface area contributed by atoms with Crippen LogP contribution < -0.4 is 14.2 Å². The van der Waals surface area contributed by atoms with E-state index in [-0.39, 0.29) is 17.9 Å². The number of nitrogens with one attached hydrogen (secondary N) is 1. The van der Waals surface area contributed by atoms with Gasteiger partial charge in [-0.3, -0.25) is 0 Å². The molecule has 0 spiro atoms. The van der Waals surface area contributed by atoms with Gasteiger partial charge in [-0.25, -0.2) is 4.79 Å². The van der Waals surface area contributed by atoms with E-state index in [1.165, 1.54) is 0 Å². The summed E-state index contributed by atoms with van der Waals surface area (Å²) < 4.78 is 38.3. The van der Waals surface area contributed by atoms with Gasteiger partial charge in [-0.1, -0.05) is 18.2 Å². The molecule has 0 bridgehead atoms. The van der Waals surface area contributed by atoms with Crippen LogP contribution in [0.15, 0.2) is 48.5 Å². The highest BCUT2D eigenvalue weighted by Gasteiger charge is 2.23. The summed E-state index contributed by atoms with van der Waals surface area (Å²) in [6, 6.07) is 13.5. The first kappa shape index (κ1) is 21.9. The largest absolute Gasteiger partial charge is 0.497 e. The lowest BCUT2D eigenvalue weighted by Gasteiger charge is -2.26. The molecule has 1 atom stereocenters. The second-order valence-corrected chi connectivity index (χ2v) is 8.68. The molecule has 3 rings (SSSR count). The maximum Gasteiger partial charge on any atom is 0.322 e. The Morgan fingerprint density at radius 1 is 1.20 bits per heavy atom. The third-order valence-electron chi connectivity index (χ3n) is 4.60. The number of methoxy groups -OCH3 is 1. The monoisotopic (exact) mass is 434 g/mol. The van der Waals surface area contributed by atoms with Gasteiger partial charge in [0.15, 0.2) is 0 Å². The number of amides is 2.